The molecule has 1 atom stereocenters. The Bertz CT molecular complexity index is 608. The molecule has 0 radical (unpaired) electrons. The highest BCUT2D eigenvalue weighted by atomic mass is 16.2. The van der Waals surface area contributed by atoms with Crippen LogP contribution in [0.1, 0.15) is 42.1 Å². The summed E-state index contributed by atoms with van der Waals surface area (Å²) in [5.41, 5.74) is 3.17. The van der Waals surface area contributed by atoms with E-state index in [1.807, 2.05) is 30.2 Å². The molecule has 5 heteroatoms. The van der Waals surface area contributed by atoms with Crippen molar-refractivity contribution >= 4 is 5.91 Å². The summed E-state index contributed by atoms with van der Waals surface area (Å²) in [6.45, 7) is 2.86. The number of aryl methyl sites for hydroxylation is 1. The fourth-order valence-electron chi connectivity index (χ4n) is 3.00. The van der Waals surface area contributed by atoms with Gasteiger partial charge in [-0.25, -0.2) is 0 Å². The number of amides is 1. The minimum atomic E-state index is 0.130. The van der Waals surface area contributed by atoms with Crippen molar-refractivity contribution in [2.75, 3.05) is 6.54 Å². The van der Waals surface area contributed by atoms with Gasteiger partial charge in [-0.05, 0) is 43.4 Å². The number of pyridine rings is 1. The van der Waals surface area contributed by atoms with Crippen LogP contribution in [0.4, 0.5) is 0 Å². The molecule has 5 nitrogen and oxygen atoms in total. The van der Waals surface area contributed by atoms with Crippen LogP contribution in [0.3, 0.4) is 0 Å². The van der Waals surface area contributed by atoms with Gasteiger partial charge in [0, 0.05) is 18.9 Å². The molecule has 0 aromatic carbocycles. The summed E-state index contributed by atoms with van der Waals surface area (Å²) in [7, 11) is 0. The second-order valence-electron chi connectivity index (χ2n) is 5.60. The Hall–Kier alpha value is -2.17. The number of piperidine rings is 1. The molecule has 1 saturated heterocycles. The van der Waals surface area contributed by atoms with Crippen LogP contribution in [-0.4, -0.2) is 32.5 Å². The molecule has 0 saturated carbocycles. The van der Waals surface area contributed by atoms with Crippen LogP contribution in [-0.2, 0) is 11.2 Å². The molecule has 0 spiro atoms. The van der Waals surface area contributed by atoms with Crippen molar-refractivity contribution in [2.45, 2.75) is 38.6 Å². The maximum Gasteiger partial charge on any atom is 0.227 e. The van der Waals surface area contributed by atoms with Crippen LogP contribution in [0, 0.1) is 6.92 Å². The van der Waals surface area contributed by atoms with Crippen molar-refractivity contribution in [3.8, 4) is 0 Å². The number of carbonyl (C=O) groups excluding carboxylic acids is 1. The van der Waals surface area contributed by atoms with E-state index in [9.17, 15) is 4.79 Å². The van der Waals surface area contributed by atoms with Crippen molar-refractivity contribution in [1.29, 1.82) is 0 Å². The highest BCUT2D eigenvalue weighted by Crippen LogP contribution is 2.31. The summed E-state index contributed by atoms with van der Waals surface area (Å²) in [5, 5.41) is 7.17. The lowest BCUT2D eigenvalue weighted by Crippen LogP contribution is -2.39. The normalized spacial score (nSPS) is 18.7. The zero-order valence-corrected chi connectivity index (χ0v) is 12.2. The molecule has 2 aromatic rings. The number of aromatic amines is 1. The average Bonchev–Trinajstić information content (AvgIpc) is 2.94. The summed E-state index contributed by atoms with van der Waals surface area (Å²) in [4.78, 5) is 18.7. The topological polar surface area (TPSA) is 61.9 Å². The van der Waals surface area contributed by atoms with Gasteiger partial charge in [-0.15, -0.1) is 0 Å². The number of carbonyl (C=O) groups is 1. The van der Waals surface area contributed by atoms with E-state index >= 15 is 0 Å². The molecule has 1 aliphatic heterocycles. The SMILES string of the molecule is Cc1cn[nH]c1C1CCCCN1C(=O)Cc1cccnc1. The maximum atomic E-state index is 12.6. The van der Waals surface area contributed by atoms with Crippen molar-refractivity contribution in [2.24, 2.45) is 0 Å². The first-order chi connectivity index (χ1) is 10.3. The lowest BCUT2D eigenvalue weighted by molar-refractivity contribution is -0.134. The lowest BCUT2D eigenvalue weighted by Gasteiger charge is -2.35. The Morgan fingerprint density at radius 3 is 3.05 bits per heavy atom. The number of likely N-dealkylation sites (tertiary alicyclic amines) is 1. The Balaban J connectivity index is 1.78. The van der Waals surface area contributed by atoms with Crippen LogP contribution in [0.5, 0.6) is 0 Å². The van der Waals surface area contributed by atoms with Gasteiger partial charge in [-0.2, -0.15) is 5.10 Å². The number of hydrogen-bond acceptors (Lipinski definition) is 3. The molecule has 3 heterocycles. The van der Waals surface area contributed by atoms with E-state index in [4.69, 9.17) is 0 Å². The Labute approximate surface area is 124 Å². The van der Waals surface area contributed by atoms with Gasteiger partial charge in [-0.3, -0.25) is 14.9 Å². The van der Waals surface area contributed by atoms with Gasteiger partial charge < -0.3 is 4.90 Å². The van der Waals surface area contributed by atoms with Crippen molar-refractivity contribution in [1.82, 2.24) is 20.1 Å². The van der Waals surface area contributed by atoms with Crippen LogP contribution in [0.15, 0.2) is 30.7 Å². The summed E-state index contributed by atoms with van der Waals surface area (Å²) in [5.74, 6) is 0.168. The molecule has 1 fully saturated rings. The van der Waals surface area contributed by atoms with Gasteiger partial charge in [0.05, 0.1) is 24.4 Å². The van der Waals surface area contributed by atoms with Crippen LogP contribution in [0.2, 0.25) is 0 Å². The molecule has 1 aliphatic rings. The molecule has 0 aliphatic carbocycles. The third kappa shape index (κ3) is 2.96. The van der Waals surface area contributed by atoms with E-state index in [1.54, 1.807) is 12.4 Å². The number of nitrogens with one attached hydrogen (secondary N) is 1. The predicted octanol–water partition coefficient (Wildman–Crippen LogP) is 2.41. The largest absolute Gasteiger partial charge is 0.334 e. The molecule has 3 rings (SSSR count). The summed E-state index contributed by atoms with van der Waals surface area (Å²) in [6.07, 6.45) is 8.96. The lowest BCUT2D eigenvalue weighted by atomic mass is 9.96. The molecule has 1 amide bonds. The van der Waals surface area contributed by atoms with E-state index in [0.717, 1.165) is 42.6 Å². The first-order valence-electron chi connectivity index (χ1n) is 7.44. The number of rotatable bonds is 3. The summed E-state index contributed by atoms with van der Waals surface area (Å²) < 4.78 is 0. The first kappa shape index (κ1) is 13.8. The maximum absolute atomic E-state index is 12.6. The first-order valence-corrected chi connectivity index (χ1v) is 7.44. The zero-order chi connectivity index (χ0) is 14.7. The van der Waals surface area contributed by atoms with Crippen molar-refractivity contribution < 1.29 is 4.79 Å². The fraction of sp³-hybridized carbons (Fsp3) is 0.438. The quantitative estimate of drug-likeness (QED) is 0.941. The Morgan fingerprint density at radius 1 is 1.43 bits per heavy atom. The summed E-state index contributed by atoms with van der Waals surface area (Å²) >= 11 is 0. The van der Waals surface area contributed by atoms with Gasteiger partial charge in [0.15, 0.2) is 0 Å². The van der Waals surface area contributed by atoms with Gasteiger partial charge in [-0.1, -0.05) is 6.07 Å². The monoisotopic (exact) mass is 284 g/mol. The van der Waals surface area contributed by atoms with Gasteiger partial charge in [0.1, 0.15) is 0 Å². The highest BCUT2D eigenvalue weighted by Gasteiger charge is 2.29. The van der Waals surface area contributed by atoms with Gasteiger partial charge in [0.25, 0.3) is 0 Å². The van der Waals surface area contributed by atoms with Crippen LogP contribution < -0.4 is 0 Å². The number of nitrogens with zero attached hydrogens (tertiary/aromatic N) is 3. The molecule has 110 valence electrons. The van der Waals surface area contributed by atoms with Gasteiger partial charge >= 0.3 is 0 Å². The van der Waals surface area contributed by atoms with E-state index in [-0.39, 0.29) is 11.9 Å². The van der Waals surface area contributed by atoms with Gasteiger partial charge in [0.2, 0.25) is 5.91 Å². The zero-order valence-electron chi connectivity index (χ0n) is 12.2. The van der Waals surface area contributed by atoms with Crippen LogP contribution in [0.25, 0.3) is 0 Å². The van der Waals surface area contributed by atoms with E-state index in [0.29, 0.717) is 6.42 Å². The predicted molar refractivity (Wildman–Crippen MR) is 79.6 cm³/mol. The van der Waals surface area contributed by atoms with Crippen molar-refractivity contribution in [3.63, 3.8) is 0 Å². The third-order valence-electron chi connectivity index (χ3n) is 4.10. The third-order valence-corrected chi connectivity index (χ3v) is 4.10. The van der Waals surface area contributed by atoms with E-state index in [1.165, 1.54) is 0 Å². The standard InChI is InChI=1S/C16H20N4O/c1-12-10-18-19-16(12)14-6-2-3-8-20(14)15(21)9-13-5-4-7-17-11-13/h4-5,7,10-11,14H,2-3,6,8-9H2,1H3,(H,18,19). The van der Waals surface area contributed by atoms with Crippen LogP contribution >= 0.6 is 0 Å². The molecule has 0 bridgehead atoms. The highest BCUT2D eigenvalue weighted by molar-refractivity contribution is 5.79. The second kappa shape index (κ2) is 6.08. The molecule has 1 unspecified atom stereocenters. The van der Waals surface area contributed by atoms with E-state index < -0.39 is 0 Å². The minimum Gasteiger partial charge on any atom is -0.334 e. The molecule has 21 heavy (non-hydrogen) atoms. The number of aromatic nitrogens is 3. The number of H-pyrrole nitrogens is 1. The minimum absolute atomic E-state index is 0.130. The summed E-state index contributed by atoms with van der Waals surface area (Å²) in [6, 6.07) is 3.95. The molecular formula is C16H20N4O. The average molecular weight is 284 g/mol. The molecular weight excluding hydrogens is 264 g/mol. The number of hydrogen-bond donors (Lipinski definition) is 1. The van der Waals surface area contributed by atoms with E-state index in [2.05, 4.69) is 15.2 Å². The van der Waals surface area contributed by atoms with Crippen molar-refractivity contribution in [3.05, 3.63) is 47.5 Å². The fourth-order valence-corrected chi connectivity index (χ4v) is 3.00. The molecule has 1 N–H and O–H groups in total. The smallest absolute Gasteiger partial charge is 0.227 e. The second-order valence-corrected chi connectivity index (χ2v) is 5.60. The Kier molecular flexibility index (Phi) is 3.99. The molecule has 2 aromatic heterocycles. The Morgan fingerprint density at radius 2 is 2.33 bits per heavy atom.